The van der Waals surface area contributed by atoms with Crippen LogP contribution in [0.15, 0.2) is 30.4 Å². The van der Waals surface area contributed by atoms with Gasteiger partial charge in [0, 0.05) is 0 Å². The molecule has 118 valence electrons. The molecule has 0 aromatic heterocycles. The minimum absolute atomic E-state index is 0.131. The number of carbonyl (C=O) groups excluding carboxylic acids is 2. The summed E-state index contributed by atoms with van der Waals surface area (Å²) in [5.41, 5.74) is -0.547. The third-order valence-corrected chi connectivity index (χ3v) is 3.43. The Morgan fingerprint density at radius 2 is 2.05 bits per heavy atom. The van der Waals surface area contributed by atoms with Crippen LogP contribution in [0.25, 0.3) is 0 Å². The molecule has 0 fully saturated rings. The van der Waals surface area contributed by atoms with Gasteiger partial charge in [-0.15, -0.1) is 0 Å². The zero-order valence-electron chi connectivity index (χ0n) is 12.1. The summed E-state index contributed by atoms with van der Waals surface area (Å²) in [6, 6.07) is 3.25. The van der Waals surface area contributed by atoms with E-state index < -0.39 is 35.3 Å². The fraction of sp³-hybridized carbons (Fsp3) is 0.375. The summed E-state index contributed by atoms with van der Waals surface area (Å²) < 4.78 is 31.9. The monoisotopic (exact) mass is 309 g/mol. The molecule has 1 aliphatic carbocycles. The number of anilines is 1. The number of hydrogen-bond donors (Lipinski definition) is 1. The SMILES string of the molecule is C[C@@H](OC(=O)C[C@H]1C=CCC1)C(=O)Nc1c(F)cccc1F. The van der Waals surface area contributed by atoms with E-state index in [1.807, 2.05) is 12.2 Å². The van der Waals surface area contributed by atoms with Crippen LogP contribution >= 0.6 is 0 Å². The third kappa shape index (κ3) is 4.13. The summed E-state index contributed by atoms with van der Waals surface area (Å²) in [4.78, 5) is 23.6. The molecule has 0 bridgehead atoms. The molecule has 4 nitrogen and oxygen atoms in total. The molecule has 0 unspecified atom stereocenters. The molecule has 0 saturated carbocycles. The van der Waals surface area contributed by atoms with Crippen LogP contribution in [0.2, 0.25) is 0 Å². The molecule has 0 saturated heterocycles. The van der Waals surface area contributed by atoms with Gasteiger partial charge in [-0.1, -0.05) is 18.2 Å². The lowest BCUT2D eigenvalue weighted by molar-refractivity contribution is -0.153. The quantitative estimate of drug-likeness (QED) is 0.671. The first-order chi connectivity index (χ1) is 10.5. The zero-order valence-corrected chi connectivity index (χ0v) is 12.1. The molecule has 6 heteroatoms. The molecule has 1 aromatic rings. The second-order valence-electron chi connectivity index (χ2n) is 5.19. The highest BCUT2D eigenvalue weighted by atomic mass is 19.1. The Morgan fingerprint density at radius 3 is 2.64 bits per heavy atom. The van der Waals surface area contributed by atoms with Crippen molar-refractivity contribution in [1.29, 1.82) is 0 Å². The minimum atomic E-state index is -1.13. The van der Waals surface area contributed by atoms with Gasteiger partial charge in [0.2, 0.25) is 0 Å². The van der Waals surface area contributed by atoms with E-state index in [1.165, 1.54) is 13.0 Å². The largest absolute Gasteiger partial charge is 0.453 e. The lowest BCUT2D eigenvalue weighted by Crippen LogP contribution is -2.31. The van der Waals surface area contributed by atoms with Crippen molar-refractivity contribution in [3.63, 3.8) is 0 Å². The molecule has 1 amide bonds. The second kappa shape index (κ2) is 7.15. The Hall–Kier alpha value is -2.24. The third-order valence-electron chi connectivity index (χ3n) is 3.43. The first-order valence-electron chi connectivity index (χ1n) is 7.08. The highest BCUT2D eigenvalue weighted by Crippen LogP contribution is 2.21. The number of carbonyl (C=O) groups is 2. The average Bonchev–Trinajstić information content (AvgIpc) is 2.95. The van der Waals surface area contributed by atoms with E-state index >= 15 is 0 Å². The van der Waals surface area contributed by atoms with Gasteiger partial charge < -0.3 is 10.1 Å². The number of para-hydroxylation sites is 1. The van der Waals surface area contributed by atoms with Crippen LogP contribution < -0.4 is 5.32 Å². The van der Waals surface area contributed by atoms with Gasteiger partial charge in [-0.25, -0.2) is 8.78 Å². The number of hydrogen-bond acceptors (Lipinski definition) is 3. The zero-order chi connectivity index (χ0) is 16.1. The maximum atomic E-state index is 13.4. The number of benzene rings is 1. The van der Waals surface area contributed by atoms with E-state index in [0.29, 0.717) is 0 Å². The van der Waals surface area contributed by atoms with Crippen molar-refractivity contribution >= 4 is 17.6 Å². The van der Waals surface area contributed by atoms with Crippen molar-refractivity contribution in [1.82, 2.24) is 0 Å². The molecule has 0 radical (unpaired) electrons. The molecular formula is C16H17F2NO3. The summed E-state index contributed by atoms with van der Waals surface area (Å²) >= 11 is 0. The van der Waals surface area contributed by atoms with Gasteiger partial charge in [-0.05, 0) is 37.8 Å². The highest BCUT2D eigenvalue weighted by Gasteiger charge is 2.22. The van der Waals surface area contributed by atoms with E-state index in [9.17, 15) is 18.4 Å². The van der Waals surface area contributed by atoms with Crippen LogP contribution in [0.5, 0.6) is 0 Å². The lowest BCUT2D eigenvalue weighted by atomic mass is 10.1. The van der Waals surface area contributed by atoms with Gasteiger partial charge in [0.1, 0.15) is 17.3 Å². The van der Waals surface area contributed by atoms with Gasteiger partial charge in [0.15, 0.2) is 6.10 Å². The number of amides is 1. The van der Waals surface area contributed by atoms with E-state index in [2.05, 4.69) is 5.32 Å². The molecule has 22 heavy (non-hydrogen) atoms. The average molecular weight is 309 g/mol. The van der Waals surface area contributed by atoms with E-state index in [4.69, 9.17) is 4.74 Å². The van der Waals surface area contributed by atoms with Gasteiger partial charge in [-0.2, -0.15) is 0 Å². The number of esters is 1. The Kier molecular flexibility index (Phi) is 5.25. The molecule has 1 N–H and O–H groups in total. The van der Waals surface area contributed by atoms with Crippen molar-refractivity contribution in [3.8, 4) is 0 Å². The Labute approximate surface area is 127 Å². The van der Waals surface area contributed by atoms with E-state index in [0.717, 1.165) is 25.0 Å². The van der Waals surface area contributed by atoms with Gasteiger partial charge in [-0.3, -0.25) is 9.59 Å². The van der Waals surface area contributed by atoms with Crippen LogP contribution in [0.3, 0.4) is 0 Å². The molecule has 0 aliphatic heterocycles. The number of rotatable bonds is 5. The summed E-state index contributed by atoms with van der Waals surface area (Å²) in [5, 5.41) is 2.10. The minimum Gasteiger partial charge on any atom is -0.453 e. The van der Waals surface area contributed by atoms with Crippen molar-refractivity contribution < 1.29 is 23.1 Å². The van der Waals surface area contributed by atoms with Gasteiger partial charge >= 0.3 is 5.97 Å². The molecule has 2 atom stereocenters. The molecule has 1 aromatic carbocycles. The first kappa shape index (κ1) is 16.1. The Morgan fingerprint density at radius 1 is 1.36 bits per heavy atom. The smallest absolute Gasteiger partial charge is 0.307 e. The molecule has 1 aliphatic rings. The summed E-state index contributed by atoms with van der Waals surface area (Å²) in [6.07, 6.45) is 4.83. The van der Waals surface area contributed by atoms with Crippen molar-refractivity contribution in [2.24, 2.45) is 5.92 Å². The topological polar surface area (TPSA) is 55.4 Å². The highest BCUT2D eigenvalue weighted by molar-refractivity contribution is 5.95. The second-order valence-corrected chi connectivity index (χ2v) is 5.19. The summed E-state index contributed by atoms with van der Waals surface area (Å²) in [7, 11) is 0. The predicted molar refractivity (Wildman–Crippen MR) is 77.0 cm³/mol. The molecule has 0 spiro atoms. The van der Waals surface area contributed by atoms with Crippen LogP contribution in [0.1, 0.15) is 26.2 Å². The van der Waals surface area contributed by atoms with Crippen molar-refractivity contribution in [3.05, 3.63) is 42.0 Å². The Balaban J connectivity index is 1.89. The van der Waals surface area contributed by atoms with E-state index in [-0.39, 0.29) is 12.3 Å². The van der Waals surface area contributed by atoms with Crippen LogP contribution in [0.4, 0.5) is 14.5 Å². The fourth-order valence-electron chi connectivity index (χ4n) is 2.22. The summed E-state index contributed by atoms with van der Waals surface area (Å²) in [6.45, 7) is 1.36. The van der Waals surface area contributed by atoms with E-state index in [1.54, 1.807) is 0 Å². The first-order valence-corrected chi connectivity index (χ1v) is 7.08. The van der Waals surface area contributed by atoms with Crippen LogP contribution in [0, 0.1) is 17.6 Å². The molecule has 0 heterocycles. The predicted octanol–water partition coefficient (Wildman–Crippen LogP) is 3.19. The number of nitrogens with one attached hydrogen (secondary N) is 1. The van der Waals surface area contributed by atoms with Crippen LogP contribution in [-0.4, -0.2) is 18.0 Å². The lowest BCUT2D eigenvalue weighted by Gasteiger charge is -2.15. The number of allylic oxidation sites excluding steroid dienone is 2. The maximum absolute atomic E-state index is 13.4. The molecule has 2 rings (SSSR count). The maximum Gasteiger partial charge on any atom is 0.307 e. The number of halogens is 2. The normalized spacial score (nSPS) is 18.0. The summed E-state index contributed by atoms with van der Waals surface area (Å²) in [5.74, 6) is -2.93. The molecular weight excluding hydrogens is 292 g/mol. The van der Waals surface area contributed by atoms with Gasteiger partial charge in [0.05, 0.1) is 6.42 Å². The standard InChI is InChI=1S/C16H17F2NO3/c1-10(22-14(20)9-11-5-2-3-6-11)16(21)19-15-12(17)7-4-8-13(15)18/h2,4-5,7-8,10-11H,3,6,9H2,1H3,(H,19,21)/t10-,11+/m1/s1. The van der Waals surface area contributed by atoms with Crippen molar-refractivity contribution in [2.75, 3.05) is 5.32 Å². The van der Waals surface area contributed by atoms with Crippen LogP contribution in [-0.2, 0) is 14.3 Å². The fourth-order valence-corrected chi connectivity index (χ4v) is 2.22. The van der Waals surface area contributed by atoms with Crippen molar-refractivity contribution in [2.45, 2.75) is 32.3 Å². The number of ether oxygens (including phenoxy) is 1. The Bertz CT molecular complexity index is 581. The van der Waals surface area contributed by atoms with Gasteiger partial charge in [0.25, 0.3) is 5.91 Å².